The molecule has 0 saturated carbocycles. The highest BCUT2D eigenvalue weighted by Gasteiger charge is 2.19. The molecular weight excluding hydrogens is 516 g/mol. The monoisotopic (exact) mass is 562 g/mol. The molecule has 1 saturated heterocycles. The van der Waals surface area contributed by atoms with Gasteiger partial charge in [-0.2, -0.15) is 0 Å². The summed E-state index contributed by atoms with van der Waals surface area (Å²) in [7, 11) is 0. The predicted octanol–water partition coefficient (Wildman–Crippen LogP) is 1.66. The number of carbonyl (C=O) groups is 1. The molecule has 0 aliphatic carbocycles. The summed E-state index contributed by atoms with van der Waals surface area (Å²) in [5.41, 5.74) is 8.84. The Balaban J connectivity index is 0.000000326. The van der Waals surface area contributed by atoms with Gasteiger partial charge < -0.3 is 41.5 Å². The lowest BCUT2D eigenvalue weighted by Gasteiger charge is -2.16. The summed E-state index contributed by atoms with van der Waals surface area (Å²) >= 11 is 0. The van der Waals surface area contributed by atoms with Crippen LogP contribution in [0.5, 0.6) is 17.2 Å². The third kappa shape index (κ3) is 14.8. The molecule has 9 N–H and O–H groups in total. The van der Waals surface area contributed by atoms with Crippen molar-refractivity contribution in [3.63, 3.8) is 0 Å². The van der Waals surface area contributed by atoms with E-state index in [1.165, 1.54) is 18.2 Å². The summed E-state index contributed by atoms with van der Waals surface area (Å²) in [6, 6.07) is 12.1. The summed E-state index contributed by atoms with van der Waals surface area (Å²) in [5, 5.41) is 44.2. The van der Waals surface area contributed by atoms with Crippen molar-refractivity contribution in [2.45, 2.75) is 64.4 Å². The summed E-state index contributed by atoms with van der Waals surface area (Å²) < 4.78 is 5.65. The molecule has 0 bridgehead atoms. The van der Waals surface area contributed by atoms with Crippen LogP contribution in [0.15, 0.2) is 55.1 Å². The minimum atomic E-state index is -0.731. The zero-order valence-electron chi connectivity index (χ0n) is 23.8. The van der Waals surface area contributed by atoms with Gasteiger partial charge in [0, 0.05) is 31.2 Å². The number of hydroxylamine groups is 1. The number of phenols is 2. The highest BCUT2D eigenvalue weighted by atomic mass is 16.7. The molecule has 0 radical (unpaired) electrons. The van der Waals surface area contributed by atoms with Gasteiger partial charge >= 0.3 is 0 Å². The van der Waals surface area contributed by atoms with E-state index in [0.717, 1.165) is 17.7 Å². The number of phenolic OH excluding ortho intramolecular Hbond substituents is 2. The van der Waals surface area contributed by atoms with Crippen LogP contribution in [-0.2, 0) is 16.1 Å². The van der Waals surface area contributed by atoms with Crippen LogP contribution in [0.3, 0.4) is 0 Å². The zero-order chi connectivity index (χ0) is 30.1. The molecule has 3 atom stereocenters. The maximum absolute atomic E-state index is 10.2. The fourth-order valence-corrected chi connectivity index (χ4v) is 3.21. The Kier molecular flexibility index (Phi) is 16.5. The molecule has 2 unspecified atom stereocenters. The second-order valence-electron chi connectivity index (χ2n) is 9.87. The highest BCUT2D eigenvalue weighted by Crippen LogP contribution is 2.24. The largest absolute Gasteiger partial charge is 0.508 e. The van der Waals surface area contributed by atoms with Crippen molar-refractivity contribution < 1.29 is 34.8 Å². The van der Waals surface area contributed by atoms with Gasteiger partial charge in [0.25, 0.3) is 5.91 Å². The minimum Gasteiger partial charge on any atom is -0.508 e. The van der Waals surface area contributed by atoms with Crippen LogP contribution < -0.4 is 26.6 Å². The summed E-state index contributed by atoms with van der Waals surface area (Å²) in [6.07, 6.45) is 1.39. The average molecular weight is 563 g/mol. The number of nitrogens with two attached hydrogens (primary N) is 1. The van der Waals surface area contributed by atoms with Gasteiger partial charge in [-0.1, -0.05) is 52.0 Å². The van der Waals surface area contributed by atoms with E-state index < -0.39 is 18.2 Å². The maximum atomic E-state index is 10.2. The second-order valence-corrected chi connectivity index (χ2v) is 9.87. The molecule has 0 aromatic heterocycles. The first kappa shape index (κ1) is 34.8. The van der Waals surface area contributed by atoms with Crippen molar-refractivity contribution in [1.82, 2.24) is 16.1 Å². The molecule has 1 aliphatic rings. The number of aliphatic hydroxyl groups excluding tert-OH is 2. The van der Waals surface area contributed by atoms with Crippen molar-refractivity contribution >= 4 is 5.91 Å². The van der Waals surface area contributed by atoms with Crippen LogP contribution in [0, 0.1) is 0 Å². The van der Waals surface area contributed by atoms with Gasteiger partial charge in [0.1, 0.15) is 36.0 Å². The van der Waals surface area contributed by atoms with E-state index in [0.29, 0.717) is 37.9 Å². The van der Waals surface area contributed by atoms with Gasteiger partial charge in [0.05, 0.1) is 12.7 Å². The Hall–Kier alpha value is -3.19. The van der Waals surface area contributed by atoms with Crippen molar-refractivity contribution in [2.75, 3.05) is 26.3 Å². The number of nitrogens with one attached hydrogen (secondary N) is 3. The van der Waals surface area contributed by atoms with Gasteiger partial charge in [0.15, 0.2) is 0 Å². The fraction of sp³-hybridized carbons (Fsp3) is 0.483. The molecule has 0 spiro atoms. The Bertz CT molecular complexity index is 999. The average Bonchev–Trinajstić information content (AvgIpc) is 3.27. The number of carbonyl (C=O) groups excluding carboxylic acids is 1. The Morgan fingerprint density at radius 2 is 1.68 bits per heavy atom. The molecule has 40 heavy (non-hydrogen) atoms. The molecular formula is C29H46N4O7. The molecule has 1 aliphatic heterocycles. The Labute approximate surface area is 237 Å². The van der Waals surface area contributed by atoms with Crippen LogP contribution in [0.25, 0.3) is 0 Å². The topological polar surface area (TPSA) is 179 Å². The van der Waals surface area contributed by atoms with Crippen LogP contribution in [-0.4, -0.2) is 76.9 Å². The second kappa shape index (κ2) is 19.0. The number of hydrogen-bond acceptors (Lipinski definition) is 10. The SMILES string of the molecule is C=CCc1ccccc1OCC(O)CNC(C)C.CC(C)NCC(O)c1cc(O)cc(O)c1.N[C@@H]1CONC1=O. The standard InChI is InChI=1S/C15H23NO2.C11H17NO3.C3H6N2O2/c1-4-7-13-8-5-6-9-15(13)18-11-14(17)10-16-12(2)3;1-7(2)12-6-11(15)8-3-9(13)5-10(14)4-8;4-2-1-7-5-3(2)6/h4-6,8-9,12,14,16-17H,1,7,10-11H2,2-3H3;3-5,7,11-15H,6H2,1-2H3;2H,1,4H2,(H,5,6)/t;;2-/m..1/s1. The van der Waals surface area contributed by atoms with Gasteiger partial charge in [0.2, 0.25) is 0 Å². The third-order valence-electron chi connectivity index (χ3n) is 5.33. The van der Waals surface area contributed by atoms with E-state index in [1.54, 1.807) is 0 Å². The fourth-order valence-electron chi connectivity index (χ4n) is 3.21. The zero-order valence-corrected chi connectivity index (χ0v) is 23.8. The first-order valence-corrected chi connectivity index (χ1v) is 13.3. The van der Waals surface area contributed by atoms with Crippen LogP contribution in [0.2, 0.25) is 0 Å². The van der Waals surface area contributed by atoms with Gasteiger partial charge in [-0.3, -0.25) is 9.63 Å². The van der Waals surface area contributed by atoms with Crippen molar-refractivity contribution in [2.24, 2.45) is 5.73 Å². The molecule has 2 aromatic rings. The minimum absolute atomic E-state index is 0.0476. The van der Waals surface area contributed by atoms with Crippen molar-refractivity contribution in [3.8, 4) is 17.2 Å². The number of rotatable bonds is 12. The molecule has 3 rings (SSSR count). The molecule has 1 fully saturated rings. The van der Waals surface area contributed by atoms with E-state index in [9.17, 15) is 25.2 Å². The summed E-state index contributed by atoms with van der Waals surface area (Å²) in [6.45, 7) is 13.3. The normalized spacial score (nSPS) is 15.8. The molecule has 2 aromatic carbocycles. The molecule has 1 amide bonds. The van der Waals surface area contributed by atoms with Crippen LogP contribution in [0.4, 0.5) is 0 Å². The lowest BCUT2D eigenvalue weighted by atomic mass is 10.1. The van der Waals surface area contributed by atoms with Gasteiger partial charge in [-0.25, -0.2) is 5.48 Å². The molecule has 11 nitrogen and oxygen atoms in total. The summed E-state index contributed by atoms with van der Waals surface area (Å²) in [4.78, 5) is 14.7. The van der Waals surface area contributed by atoms with Gasteiger partial charge in [-0.15, -0.1) is 6.58 Å². The lowest BCUT2D eigenvalue weighted by Crippen LogP contribution is -2.35. The number of para-hydroxylation sites is 1. The maximum Gasteiger partial charge on any atom is 0.262 e. The van der Waals surface area contributed by atoms with E-state index in [1.807, 2.05) is 58.0 Å². The predicted molar refractivity (Wildman–Crippen MR) is 155 cm³/mol. The number of amides is 1. The van der Waals surface area contributed by atoms with E-state index in [2.05, 4.69) is 27.5 Å². The Morgan fingerprint density at radius 1 is 1.07 bits per heavy atom. The summed E-state index contributed by atoms with van der Waals surface area (Å²) in [5.74, 6) is 0.489. The van der Waals surface area contributed by atoms with Crippen molar-refractivity contribution in [3.05, 3.63) is 66.2 Å². The molecule has 1 heterocycles. The smallest absolute Gasteiger partial charge is 0.262 e. The molecule has 11 heteroatoms. The van der Waals surface area contributed by atoms with Gasteiger partial charge in [-0.05, 0) is 35.7 Å². The highest BCUT2D eigenvalue weighted by molar-refractivity contribution is 5.81. The first-order chi connectivity index (χ1) is 18.9. The number of allylic oxidation sites excluding steroid dienone is 1. The molecule has 224 valence electrons. The van der Waals surface area contributed by atoms with E-state index in [-0.39, 0.29) is 23.4 Å². The first-order valence-electron chi connectivity index (χ1n) is 13.3. The van der Waals surface area contributed by atoms with Crippen LogP contribution in [0.1, 0.15) is 44.9 Å². The van der Waals surface area contributed by atoms with E-state index in [4.69, 9.17) is 10.5 Å². The van der Waals surface area contributed by atoms with E-state index >= 15 is 0 Å². The quantitative estimate of drug-likeness (QED) is 0.177. The van der Waals surface area contributed by atoms with Crippen LogP contribution >= 0.6 is 0 Å². The van der Waals surface area contributed by atoms with Crippen molar-refractivity contribution in [1.29, 1.82) is 0 Å². The number of ether oxygens (including phenoxy) is 1. The lowest BCUT2D eigenvalue weighted by molar-refractivity contribution is -0.124. The number of aromatic hydroxyl groups is 2. The number of benzene rings is 2. The number of aliphatic hydroxyl groups is 2. The number of hydrogen-bond donors (Lipinski definition) is 8. The Morgan fingerprint density at radius 3 is 2.17 bits per heavy atom. The third-order valence-corrected chi connectivity index (χ3v) is 5.33.